The molecule has 4 rings (SSSR count). The fourth-order valence-electron chi connectivity index (χ4n) is 2.38. The van der Waals surface area contributed by atoms with Crippen LogP contribution in [0.15, 0.2) is 65.4 Å². The van der Waals surface area contributed by atoms with Crippen LogP contribution >= 0.6 is 11.6 Å². The van der Waals surface area contributed by atoms with E-state index in [0.717, 1.165) is 28.5 Å². The number of halogens is 1. The maximum absolute atomic E-state index is 5.95. The number of benzene rings is 1. The van der Waals surface area contributed by atoms with E-state index in [1.807, 2.05) is 59.2 Å². The van der Waals surface area contributed by atoms with Crippen molar-refractivity contribution < 1.29 is 4.42 Å². The molecule has 0 saturated heterocycles. The van der Waals surface area contributed by atoms with Gasteiger partial charge >= 0.3 is 0 Å². The highest BCUT2D eigenvalue weighted by Crippen LogP contribution is 2.22. The Hall–Kier alpha value is -2.79. The maximum Gasteiger partial charge on any atom is 0.154 e. The third kappa shape index (κ3) is 2.78. The SMILES string of the molecule is Clc1ccc(-c2cnc3ccc(NCc4ccco4)nn23)cc1. The van der Waals surface area contributed by atoms with Crippen molar-refractivity contribution in [3.63, 3.8) is 0 Å². The summed E-state index contributed by atoms with van der Waals surface area (Å²) in [6.07, 6.45) is 3.46. The van der Waals surface area contributed by atoms with Gasteiger partial charge < -0.3 is 9.73 Å². The van der Waals surface area contributed by atoms with E-state index in [-0.39, 0.29) is 0 Å². The summed E-state index contributed by atoms with van der Waals surface area (Å²) in [5.74, 6) is 1.61. The molecule has 6 heteroatoms. The van der Waals surface area contributed by atoms with Crippen LogP contribution in [0.4, 0.5) is 5.82 Å². The molecule has 0 saturated carbocycles. The lowest BCUT2D eigenvalue weighted by atomic mass is 10.2. The van der Waals surface area contributed by atoms with Gasteiger partial charge in [0.1, 0.15) is 11.6 Å². The third-order valence-electron chi connectivity index (χ3n) is 3.53. The molecule has 0 aliphatic heterocycles. The van der Waals surface area contributed by atoms with Gasteiger partial charge in [-0.25, -0.2) is 9.50 Å². The summed E-state index contributed by atoms with van der Waals surface area (Å²) in [7, 11) is 0. The normalized spacial score (nSPS) is 11.0. The minimum absolute atomic E-state index is 0.580. The van der Waals surface area contributed by atoms with Crippen LogP contribution < -0.4 is 5.32 Å². The molecule has 0 amide bonds. The smallest absolute Gasteiger partial charge is 0.154 e. The molecular weight excluding hydrogens is 312 g/mol. The standard InChI is InChI=1S/C17H13ClN4O/c18-13-5-3-12(4-6-13)15-11-20-17-8-7-16(21-22(15)17)19-10-14-2-1-9-23-14/h1-9,11H,10H2,(H,19,21). The average molecular weight is 325 g/mol. The van der Waals surface area contributed by atoms with Gasteiger partial charge in [0.05, 0.1) is 24.7 Å². The molecule has 0 aliphatic carbocycles. The number of aromatic nitrogens is 3. The summed E-state index contributed by atoms with van der Waals surface area (Å²) in [6, 6.07) is 15.2. The Balaban J connectivity index is 1.67. The Labute approximate surface area is 137 Å². The number of anilines is 1. The molecule has 5 nitrogen and oxygen atoms in total. The van der Waals surface area contributed by atoms with Crippen LogP contribution in [0.5, 0.6) is 0 Å². The Morgan fingerprint density at radius 2 is 1.96 bits per heavy atom. The number of nitrogens with one attached hydrogen (secondary N) is 1. The number of fused-ring (bicyclic) bond motifs is 1. The van der Waals surface area contributed by atoms with Gasteiger partial charge in [-0.15, -0.1) is 5.10 Å². The summed E-state index contributed by atoms with van der Waals surface area (Å²) in [5.41, 5.74) is 2.72. The molecule has 3 heterocycles. The largest absolute Gasteiger partial charge is 0.467 e. The van der Waals surface area contributed by atoms with Crippen LogP contribution in [-0.4, -0.2) is 14.6 Å². The van der Waals surface area contributed by atoms with E-state index >= 15 is 0 Å². The predicted molar refractivity (Wildman–Crippen MR) is 89.5 cm³/mol. The molecule has 114 valence electrons. The van der Waals surface area contributed by atoms with E-state index in [2.05, 4.69) is 15.4 Å². The zero-order valence-corrected chi connectivity index (χ0v) is 12.9. The van der Waals surface area contributed by atoms with Crippen molar-refractivity contribution in [1.82, 2.24) is 14.6 Å². The molecule has 0 bridgehead atoms. The second-order valence-electron chi connectivity index (χ2n) is 5.07. The molecule has 1 N–H and O–H groups in total. The number of imidazole rings is 1. The molecule has 0 radical (unpaired) electrons. The highest BCUT2D eigenvalue weighted by Gasteiger charge is 2.08. The summed E-state index contributed by atoms with van der Waals surface area (Å²) in [6.45, 7) is 0.580. The van der Waals surface area contributed by atoms with Crippen molar-refractivity contribution in [2.75, 3.05) is 5.32 Å². The van der Waals surface area contributed by atoms with Crippen LogP contribution in [0.25, 0.3) is 16.9 Å². The van der Waals surface area contributed by atoms with E-state index in [0.29, 0.717) is 11.6 Å². The molecule has 0 spiro atoms. The minimum atomic E-state index is 0.580. The van der Waals surface area contributed by atoms with E-state index in [4.69, 9.17) is 16.0 Å². The van der Waals surface area contributed by atoms with Crippen LogP contribution in [-0.2, 0) is 6.54 Å². The summed E-state index contributed by atoms with van der Waals surface area (Å²) in [5, 5.41) is 8.55. The Bertz CT molecular complexity index is 929. The van der Waals surface area contributed by atoms with Crippen molar-refractivity contribution in [3.8, 4) is 11.3 Å². The van der Waals surface area contributed by atoms with Gasteiger partial charge in [0.2, 0.25) is 0 Å². The molecule has 23 heavy (non-hydrogen) atoms. The fraction of sp³-hybridized carbons (Fsp3) is 0.0588. The first-order valence-corrected chi connectivity index (χ1v) is 7.54. The molecule has 0 aliphatic rings. The van der Waals surface area contributed by atoms with Gasteiger partial charge in [0, 0.05) is 10.6 Å². The third-order valence-corrected chi connectivity index (χ3v) is 3.78. The van der Waals surface area contributed by atoms with Crippen molar-refractivity contribution in [3.05, 3.63) is 71.8 Å². The molecule has 0 atom stereocenters. The second kappa shape index (κ2) is 5.78. The highest BCUT2D eigenvalue weighted by molar-refractivity contribution is 6.30. The molecule has 1 aromatic carbocycles. The molecule has 3 aromatic heterocycles. The number of rotatable bonds is 4. The second-order valence-corrected chi connectivity index (χ2v) is 5.51. The monoisotopic (exact) mass is 324 g/mol. The molecular formula is C17H13ClN4O. The van der Waals surface area contributed by atoms with Crippen molar-refractivity contribution in [2.24, 2.45) is 0 Å². The summed E-state index contributed by atoms with van der Waals surface area (Å²) >= 11 is 5.95. The van der Waals surface area contributed by atoms with E-state index in [1.165, 1.54) is 0 Å². The number of hydrogen-bond acceptors (Lipinski definition) is 4. The van der Waals surface area contributed by atoms with Crippen LogP contribution in [0, 0.1) is 0 Å². The first-order valence-electron chi connectivity index (χ1n) is 7.16. The van der Waals surface area contributed by atoms with Gasteiger partial charge in [-0.05, 0) is 36.4 Å². The zero-order chi connectivity index (χ0) is 15.6. The average Bonchev–Trinajstić information content (AvgIpc) is 3.23. The van der Waals surface area contributed by atoms with E-state index < -0.39 is 0 Å². The van der Waals surface area contributed by atoms with Gasteiger partial charge in [0.25, 0.3) is 0 Å². The molecule has 4 aromatic rings. The van der Waals surface area contributed by atoms with E-state index in [1.54, 1.807) is 6.26 Å². The lowest BCUT2D eigenvalue weighted by Crippen LogP contribution is -2.04. The molecule has 0 unspecified atom stereocenters. The lowest BCUT2D eigenvalue weighted by Gasteiger charge is -2.06. The van der Waals surface area contributed by atoms with Gasteiger partial charge in [-0.3, -0.25) is 0 Å². The number of hydrogen-bond donors (Lipinski definition) is 1. The Kier molecular flexibility index (Phi) is 3.48. The van der Waals surface area contributed by atoms with Crippen LogP contribution in [0.2, 0.25) is 5.02 Å². The van der Waals surface area contributed by atoms with Gasteiger partial charge in [-0.1, -0.05) is 23.7 Å². The first kappa shape index (κ1) is 13.8. The van der Waals surface area contributed by atoms with Crippen LogP contribution in [0.3, 0.4) is 0 Å². The first-order chi connectivity index (χ1) is 11.3. The Morgan fingerprint density at radius 1 is 1.09 bits per heavy atom. The quantitative estimate of drug-likeness (QED) is 0.609. The van der Waals surface area contributed by atoms with Gasteiger partial charge in [0.15, 0.2) is 5.65 Å². The van der Waals surface area contributed by atoms with Crippen molar-refractivity contribution in [2.45, 2.75) is 6.54 Å². The molecule has 0 fully saturated rings. The number of nitrogens with zero attached hydrogens (tertiary/aromatic N) is 3. The van der Waals surface area contributed by atoms with Crippen LogP contribution in [0.1, 0.15) is 5.76 Å². The van der Waals surface area contributed by atoms with E-state index in [9.17, 15) is 0 Å². The van der Waals surface area contributed by atoms with Crippen molar-refractivity contribution >= 4 is 23.1 Å². The Morgan fingerprint density at radius 3 is 2.74 bits per heavy atom. The number of furan rings is 1. The topological polar surface area (TPSA) is 55.4 Å². The maximum atomic E-state index is 5.95. The highest BCUT2D eigenvalue weighted by atomic mass is 35.5. The van der Waals surface area contributed by atoms with Gasteiger partial charge in [-0.2, -0.15) is 0 Å². The summed E-state index contributed by atoms with van der Waals surface area (Å²) in [4.78, 5) is 4.39. The lowest BCUT2D eigenvalue weighted by molar-refractivity contribution is 0.517. The summed E-state index contributed by atoms with van der Waals surface area (Å²) < 4.78 is 7.12. The minimum Gasteiger partial charge on any atom is -0.467 e. The zero-order valence-electron chi connectivity index (χ0n) is 12.1. The fourth-order valence-corrected chi connectivity index (χ4v) is 2.50. The predicted octanol–water partition coefficient (Wildman–Crippen LogP) is 4.25. The van der Waals surface area contributed by atoms with Crippen molar-refractivity contribution in [1.29, 1.82) is 0 Å².